The van der Waals surface area contributed by atoms with Gasteiger partial charge >= 0.3 is 0 Å². The lowest BCUT2D eigenvalue weighted by molar-refractivity contribution is 0.0177. The van der Waals surface area contributed by atoms with Gasteiger partial charge in [0.15, 0.2) is 0 Å². The fraction of sp³-hybridized carbons (Fsp3) is 0.529. The van der Waals surface area contributed by atoms with E-state index in [0.29, 0.717) is 0 Å². The summed E-state index contributed by atoms with van der Waals surface area (Å²) in [6.07, 6.45) is 6.10. The van der Waals surface area contributed by atoms with Crippen molar-refractivity contribution in [2.75, 3.05) is 6.54 Å². The van der Waals surface area contributed by atoms with Crippen molar-refractivity contribution >= 4 is 0 Å². The van der Waals surface area contributed by atoms with Crippen molar-refractivity contribution < 1.29 is 5.11 Å². The first-order valence-corrected chi connectivity index (χ1v) is 8.16. The Morgan fingerprint density at radius 1 is 1.23 bits per heavy atom. The maximum Gasteiger partial charge on any atom is 0.0971 e. The van der Waals surface area contributed by atoms with E-state index in [2.05, 4.69) is 22.1 Å². The molecule has 0 bridgehead atoms. The Bertz CT molecular complexity index is 583. The Hall–Kier alpha value is -1.72. The molecule has 0 radical (unpaired) electrons. The van der Waals surface area contributed by atoms with Gasteiger partial charge in [0, 0.05) is 12.6 Å². The van der Waals surface area contributed by atoms with Crippen LogP contribution in [0.1, 0.15) is 38.3 Å². The molecule has 1 aromatic heterocycles. The average molecular weight is 300 g/mol. The first-order valence-electron chi connectivity index (χ1n) is 8.16. The monoisotopic (exact) mass is 300 g/mol. The summed E-state index contributed by atoms with van der Waals surface area (Å²) in [4.78, 5) is 2.32. The third-order valence-electron chi connectivity index (χ3n) is 4.50. The van der Waals surface area contributed by atoms with Gasteiger partial charge < -0.3 is 5.11 Å². The van der Waals surface area contributed by atoms with Crippen LogP contribution in [0.2, 0.25) is 0 Å². The van der Waals surface area contributed by atoms with Crippen molar-refractivity contribution in [1.29, 1.82) is 0 Å². The number of benzene rings is 1. The molecule has 0 amide bonds. The molecule has 1 aliphatic rings. The van der Waals surface area contributed by atoms with E-state index >= 15 is 0 Å². The molecule has 0 spiro atoms. The van der Waals surface area contributed by atoms with E-state index in [1.807, 2.05) is 36.5 Å². The SMILES string of the molecule is CCN(Cc1cn(-c2ccccc2)nn1)[C@@H]1CCCC[C@H]1O. The van der Waals surface area contributed by atoms with E-state index in [9.17, 15) is 5.11 Å². The first-order chi connectivity index (χ1) is 10.8. The van der Waals surface area contributed by atoms with Crippen LogP contribution in [0.15, 0.2) is 36.5 Å². The van der Waals surface area contributed by atoms with Crippen LogP contribution < -0.4 is 0 Å². The van der Waals surface area contributed by atoms with Crippen molar-refractivity contribution in [3.05, 3.63) is 42.2 Å². The summed E-state index contributed by atoms with van der Waals surface area (Å²) in [6.45, 7) is 3.80. The van der Waals surface area contributed by atoms with E-state index in [0.717, 1.165) is 43.7 Å². The van der Waals surface area contributed by atoms with Gasteiger partial charge in [0.1, 0.15) is 0 Å². The van der Waals surface area contributed by atoms with Crippen LogP contribution in [0.4, 0.5) is 0 Å². The number of nitrogens with zero attached hydrogens (tertiary/aromatic N) is 4. The zero-order valence-electron chi connectivity index (χ0n) is 13.1. The Labute approximate surface area is 131 Å². The van der Waals surface area contributed by atoms with Gasteiger partial charge in [0.25, 0.3) is 0 Å². The molecule has 0 aliphatic heterocycles. The second-order valence-corrected chi connectivity index (χ2v) is 5.97. The van der Waals surface area contributed by atoms with E-state index in [1.165, 1.54) is 6.42 Å². The Morgan fingerprint density at radius 3 is 2.73 bits per heavy atom. The minimum Gasteiger partial charge on any atom is -0.391 e. The minimum absolute atomic E-state index is 0.210. The molecule has 0 unspecified atom stereocenters. The summed E-state index contributed by atoms with van der Waals surface area (Å²) < 4.78 is 1.81. The number of hydrogen-bond donors (Lipinski definition) is 1. The summed E-state index contributed by atoms with van der Waals surface area (Å²) in [5.74, 6) is 0. The van der Waals surface area contributed by atoms with Crippen molar-refractivity contribution in [2.24, 2.45) is 0 Å². The van der Waals surface area contributed by atoms with Crippen LogP contribution in [0.5, 0.6) is 0 Å². The van der Waals surface area contributed by atoms with Crippen LogP contribution >= 0.6 is 0 Å². The standard InChI is InChI=1S/C17H24N4O/c1-2-20(16-10-6-7-11-17(16)22)12-14-13-21(19-18-14)15-8-4-3-5-9-15/h3-5,8-9,13,16-17,22H,2,6-7,10-12H2,1H3/t16-,17-/m1/s1. The molecular weight excluding hydrogens is 276 g/mol. The predicted molar refractivity (Wildman–Crippen MR) is 85.7 cm³/mol. The highest BCUT2D eigenvalue weighted by atomic mass is 16.3. The largest absolute Gasteiger partial charge is 0.391 e. The molecule has 5 heteroatoms. The lowest BCUT2D eigenvalue weighted by atomic mass is 9.91. The summed E-state index contributed by atoms with van der Waals surface area (Å²) in [6, 6.07) is 10.3. The topological polar surface area (TPSA) is 54.2 Å². The Balaban J connectivity index is 1.70. The van der Waals surface area contributed by atoms with E-state index in [-0.39, 0.29) is 12.1 Å². The fourth-order valence-electron chi connectivity index (χ4n) is 3.27. The van der Waals surface area contributed by atoms with Crippen LogP contribution in [0, 0.1) is 0 Å². The van der Waals surface area contributed by atoms with Gasteiger partial charge in [-0.3, -0.25) is 4.90 Å². The van der Waals surface area contributed by atoms with E-state index in [1.54, 1.807) is 4.68 Å². The quantitative estimate of drug-likeness (QED) is 0.921. The van der Waals surface area contributed by atoms with E-state index in [4.69, 9.17) is 0 Å². The number of likely N-dealkylation sites (N-methyl/N-ethyl adjacent to an activating group) is 1. The van der Waals surface area contributed by atoms with Gasteiger partial charge in [-0.05, 0) is 31.5 Å². The molecule has 22 heavy (non-hydrogen) atoms. The Morgan fingerprint density at radius 2 is 2.00 bits per heavy atom. The van der Waals surface area contributed by atoms with Gasteiger partial charge in [-0.15, -0.1) is 5.10 Å². The molecule has 1 aliphatic carbocycles. The minimum atomic E-state index is -0.210. The molecule has 3 rings (SSSR count). The first kappa shape index (κ1) is 15.2. The maximum atomic E-state index is 10.2. The molecule has 2 atom stereocenters. The number of aliphatic hydroxyl groups excluding tert-OH is 1. The number of aromatic nitrogens is 3. The third kappa shape index (κ3) is 3.36. The van der Waals surface area contributed by atoms with Crippen LogP contribution in [0.25, 0.3) is 5.69 Å². The average Bonchev–Trinajstić information content (AvgIpc) is 3.03. The number of aliphatic hydroxyl groups is 1. The lowest BCUT2D eigenvalue weighted by Crippen LogP contribution is -2.45. The van der Waals surface area contributed by atoms with Crippen LogP contribution in [0.3, 0.4) is 0 Å². The second-order valence-electron chi connectivity index (χ2n) is 5.97. The molecule has 1 fully saturated rings. The molecule has 118 valence electrons. The van der Waals surface area contributed by atoms with Crippen LogP contribution in [-0.4, -0.2) is 43.7 Å². The number of hydrogen-bond acceptors (Lipinski definition) is 4. The summed E-state index contributed by atoms with van der Waals surface area (Å²) in [7, 11) is 0. The molecule has 1 saturated carbocycles. The molecule has 1 heterocycles. The van der Waals surface area contributed by atoms with E-state index < -0.39 is 0 Å². The zero-order chi connectivity index (χ0) is 15.4. The Kier molecular flexibility index (Phi) is 4.85. The fourth-order valence-corrected chi connectivity index (χ4v) is 3.27. The highest BCUT2D eigenvalue weighted by Gasteiger charge is 2.28. The molecule has 1 aromatic carbocycles. The number of para-hydroxylation sites is 1. The smallest absolute Gasteiger partial charge is 0.0971 e. The summed E-state index contributed by atoms with van der Waals surface area (Å²) in [5.41, 5.74) is 1.96. The van der Waals surface area contributed by atoms with Crippen molar-refractivity contribution in [1.82, 2.24) is 19.9 Å². The highest BCUT2D eigenvalue weighted by molar-refractivity contribution is 5.29. The molecule has 5 nitrogen and oxygen atoms in total. The maximum absolute atomic E-state index is 10.2. The highest BCUT2D eigenvalue weighted by Crippen LogP contribution is 2.24. The molecule has 1 N–H and O–H groups in total. The number of rotatable bonds is 5. The van der Waals surface area contributed by atoms with Gasteiger partial charge in [-0.2, -0.15) is 0 Å². The molecule has 0 saturated heterocycles. The zero-order valence-corrected chi connectivity index (χ0v) is 13.1. The van der Waals surface area contributed by atoms with Gasteiger partial charge in [-0.25, -0.2) is 4.68 Å². The summed E-state index contributed by atoms with van der Waals surface area (Å²) >= 11 is 0. The van der Waals surface area contributed by atoms with Crippen molar-refractivity contribution in [3.63, 3.8) is 0 Å². The summed E-state index contributed by atoms with van der Waals surface area (Å²) in [5, 5.41) is 18.8. The van der Waals surface area contributed by atoms with Crippen molar-refractivity contribution in [2.45, 2.75) is 51.3 Å². The van der Waals surface area contributed by atoms with Gasteiger partial charge in [0.05, 0.1) is 23.7 Å². The second kappa shape index (κ2) is 7.03. The molecule has 2 aromatic rings. The van der Waals surface area contributed by atoms with Crippen LogP contribution in [-0.2, 0) is 6.54 Å². The van der Waals surface area contributed by atoms with Gasteiger partial charge in [-0.1, -0.05) is 43.2 Å². The van der Waals surface area contributed by atoms with Gasteiger partial charge in [0.2, 0.25) is 0 Å². The normalized spacial score (nSPS) is 22.1. The molecular formula is C17H24N4O. The lowest BCUT2D eigenvalue weighted by Gasteiger charge is -2.36. The van der Waals surface area contributed by atoms with Crippen molar-refractivity contribution in [3.8, 4) is 5.69 Å². The predicted octanol–water partition coefficient (Wildman–Crippen LogP) is 2.39. The third-order valence-corrected chi connectivity index (χ3v) is 4.50.